The van der Waals surface area contributed by atoms with Crippen LogP contribution in [0.2, 0.25) is 0 Å². The molecule has 0 radical (unpaired) electrons. The summed E-state index contributed by atoms with van der Waals surface area (Å²) in [6, 6.07) is 5.91. The van der Waals surface area contributed by atoms with Crippen molar-refractivity contribution in [2.45, 2.75) is 38.7 Å². The van der Waals surface area contributed by atoms with Gasteiger partial charge in [-0.05, 0) is 63.3 Å². The van der Waals surface area contributed by atoms with E-state index in [1.165, 1.54) is 6.42 Å². The minimum atomic E-state index is -0.635. The van der Waals surface area contributed by atoms with E-state index in [0.29, 0.717) is 5.41 Å². The zero-order chi connectivity index (χ0) is 21.5. The number of β-amino-alcohol motifs (C(OH)–C–C–N with tert-alkyl or cyclic N) is 1. The van der Waals surface area contributed by atoms with Crippen LogP contribution in [0.4, 0.5) is 5.82 Å². The van der Waals surface area contributed by atoms with Crippen LogP contribution in [0, 0.1) is 5.41 Å². The van der Waals surface area contributed by atoms with E-state index in [-0.39, 0.29) is 0 Å². The first kappa shape index (κ1) is 20.3. The Morgan fingerprint density at radius 2 is 1.68 bits per heavy atom. The van der Waals surface area contributed by atoms with Gasteiger partial charge >= 0.3 is 0 Å². The van der Waals surface area contributed by atoms with Gasteiger partial charge in [-0.1, -0.05) is 0 Å². The highest BCUT2D eigenvalue weighted by molar-refractivity contribution is 5.90. The van der Waals surface area contributed by atoms with Crippen molar-refractivity contribution in [1.29, 1.82) is 0 Å². The molecule has 1 N–H and O–H groups in total. The maximum Gasteiger partial charge on any atom is 0.162 e. The molecule has 3 aromatic rings. The van der Waals surface area contributed by atoms with Gasteiger partial charge in [-0.25, -0.2) is 9.97 Å². The first-order chi connectivity index (χ1) is 14.9. The zero-order valence-corrected chi connectivity index (χ0v) is 18.3. The molecule has 0 aliphatic carbocycles. The van der Waals surface area contributed by atoms with Crippen molar-refractivity contribution in [2.75, 3.05) is 37.6 Å². The molecule has 1 spiro atoms. The molecular weight excluding hydrogens is 388 g/mol. The lowest BCUT2D eigenvalue weighted by Crippen LogP contribution is -2.43. The molecule has 0 amide bonds. The van der Waals surface area contributed by atoms with Gasteiger partial charge in [-0.15, -0.1) is 0 Å². The third kappa shape index (κ3) is 4.25. The number of piperidine rings is 1. The molecular formula is C24H30N6O. The quantitative estimate of drug-likeness (QED) is 0.697. The summed E-state index contributed by atoms with van der Waals surface area (Å²) in [6.07, 6.45) is 10.7. The molecule has 0 atom stereocenters. The topological polar surface area (TPSA) is 78.3 Å². The van der Waals surface area contributed by atoms with Gasteiger partial charge in [0.25, 0.3) is 0 Å². The molecule has 2 aliphatic rings. The van der Waals surface area contributed by atoms with E-state index in [1.54, 1.807) is 12.4 Å². The molecule has 5 heterocycles. The summed E-state index contributed by atoms with van der Waals surface area (Å²) in [4.78, 5) is 23.0. The second kappa shape index (κ2) is 7.80. The van der Waals surface area contributed by atoms with E-state index < -0.39 is 5.60 Å². The smallest absolute Gasteiger partial charge is 0.162 e. The predicted molar refractivity (Wildman–Crippen MR) is 122 cm³/mol. The number of aliphatic hydroxyl groups is 1. The Hall–Kier alpha value is -2.64. The predicted octanol–water partition coefficient (Wildman–Crippen LogP) is 3.15. The highest BCUT2D eigenvalue weighted by atomic mass is 16.3. The Kier molecular flexibility index (Phi) is 5.10. The number of nitrogens with zero attached hydrogens (tertiary/aromatic N) is 6. The summed E-state index contributed by atoms with van der Waals surface area (Å²) in [5.41, 5.74) is 1.56. The molecule has 0 aromatic carbocycles. The third-order valence-electron chi connectivity index (χ3n) is 6.67. The lowest BCUT2D eigenvalue weighted by atomic mass is 9.77. The maximum atomic E-state index is 10.2. The van der Waals surface area contributed by atoms with Crippen LogP contribution in [-0.4, -0.2) is 68.3 Å². The van der Waals surface area contributed by atoms with Gasteiger partial charge in [-0.2, -0.15) is 0 Å². The van der Waals surface area contributed by atoms with Crippen LogP contribution in [0.1, 0.15) is 33.1 Å². The van der Waals surface area contributed by atoms with Crippen LogP contribution in [0.25, 0.3) is 22.3 Å². The van der Waals surface area contributed by atoms with Crippen LogP contribution in [0.15, 0.2) is 43.0 Å². The van der Waals surface area contributed by atoms with E-state index in [4.69, 9.17) is 9.97 Å². The van der Waals surface area contributed by atoms with Crippen molar-refractivity contribution in [3.8, 4) is 11.4 Å². The fraction of sp³-hybridized carbons (Fsp3) is 0.500. The van der Waals surface area contributed by atoms with Crippen LogP contribution < -0.4 is 4.90 Å². The highest BCUT2D eigenvalue weighted by Gasteiger charge is 2.41. The van der Waals surface area contributed by atoms with Crippen LogP contribution >= 0.6 is 0 Å². The zero-order valence-electron chi connectivity index (χ0n) is 18.3. The molecule has 0 unspecified atom stereocenters. The van der Waals surface area contributed by atoms with Gasteiger partial charge in [0.05, 0.1) is 17.3 Å². The Morgan fingerprint density at radius 1 is 0.968 bits per heavy atom. The summed E-state index contributed by atoms with van der Waals surface area (Å²) in [6.45, 7) is 8.68. The van der Waals surface area contributed by atoms with Crippen LogP contribution in [0.5, 0.6) is 0 Å². The van der Waals surface area contributed by atoms with Gasteiger partial charge in [0.1, 0.15) is 5.82 Å². The molecule has 3 aromatic heterocycles. The number of rotatable bonds is 4. The molecule has 162 valence electrons. The lowest BCUT2D eigenvalue weighted by Gasteiger charge is -2.40. The van der Waals surface area contributed by atoms with Gasteiger partial charge in [0, 0.05) is 55.7 Å². The fourth-order valence-electron chi connectivity index (χ4n) is 5.15. The van der Waals surface area contributed by atoms with Crippen molar-refractivity contribution in [1.82, 2.24) is 24.8 Å². The average molecular weight is 419 g/mol. The third-order valence-corrected chi connectivity index (χ3v) is 6.67. The number of anilines is 1. The number of hydrogen-bond donors (Lipinski definition) is 1. The van der Waals surface area contributed by atoms with E-state index in [0.717, 1.165) is 73.7 Å². The molecule has 2 saturated heterocycles. The SMILES string of the molecule is CC(C)(O)CN1CCC2(CCN(c3nc(-c4ccncc4)nc4cnccc34)CC2)C1. The van der Waals surface area contributed by atoms with Gasteiger partial charge in [-0.3, -0.25) is 14.9 Å². The maximum absolute atomic E-state index is 10.2. The van der Waals surface area contributed by atoms with Crippen molar-refractivity contribution in [3.05, 3.63) is 43.0 Å². The lowest BCUT2D eigenvalue weighted by molar-refractivity contribution is 0.0390. The van der Waals surface area contributed by atoms with E-state index in [2.05, 4.69) is 19.8 Å². The average Bonchev–Trinajstić information content (AvgIpc) is 3.14. The van der Waals surface area contributed by atoms with Crippen molar-refractivity contribution >= 4 is 16.7 Å². The fourth-order valence-corrected chi connectivity index (χ4v) is 5.15. The molecule has 7 heteroatoms. The van der Waals surface area contributed by atoms with Crippen molar-refractivity contribution in [3.63, 3.8) is 0 Å². The van der Waals surface area contributed by atoms with E-state index in [1.807, 2.05) is 44.4 Å². The van der Waals surface area contributed by atoms with Gasteiger partial charge < -0.3 is 10.0 Å². The normalized spacial score (nSPS) is 19.4. The molecule has 2 aliphatic heterocycles. The number of fused-ring (bicyclic) bond motifs is 1. The summed E-state index contributed by atoms with van der Waals surface area (Å²) in [7, 11) is 0. The molecule has 2 fully saturated rings. The second-order valence-corrected chi connectivity index (χ2v) is 9.76. The van der Waals surface area contributed by atoms with Crippen molar-refractivity contribution in [2.24, 2.45) is 5.41 Å². The first-order valence-corrected chi connectivity index (χ1v) is 11.1. The Balaban J connectivity index is 1.39. The Labute approximate surface area is 183 Å². The number of hydrogen-bond acceptors (Lipinski definition) is 7. The number of pyridine rings is 2. The van der Waals surface area contributed by atoms with Crippen LogP contribution in [0.3, 0.4) is 0 Å². The Morgan fingerprint density at radius 3 is 2.42 bits per heavy atom. The van der Waals surface area contributed by atoms with Gasteiger partial charge in [0.2, 0.25) is 0 Å². The summed E-state index contributed by atoms with van der Waals surface area (Å²) >= 11 is 0. The van der Waals surface area contributed by atoms with Crippen molar-refractivity contribution < 1.29 is 5.11 Å². The summed E-state index contributed by atoms with van der Waals surface area (Å²) < 4.78 is 0. The van der Waals surface area contributed by atoms with Gasteiger partial charge in [0.15, 0.2) is 5.82 Å². The van der Waals surface area contributed by atoms with E-state index in [9.17, 15) is 5.11 Å². The summed E-state index contributed by atoms with van der Waals surface area (Å²) in [5.74, 6) is 1.72. The highest BCUT2D eigenvalue weighted by Crippen LogP contribution is 2.42. The second-order valence-electron chi connectivity index (χ2n) is 9.76. The Bertz CT molecular complexity index is 1060. The van der Waals surface area contributed by atoms with E-state index >= 15 is 0 Å². The molecule has 0 saturated carbocycles. The monoisotopic (exact) mass is 418 g/mol. The molecule has 7 nitrogen and oxygen atoms in total. The largest absolute Gasteiger partial charge is 0.389 e. The molecule has 31 heavy (non-hydrogen) atoms. The first-order valence-electron chi connectivity index (χ1n) is 11.1. The standard InChI is InChI=1S/C24H30N6O/c1-23(2,31)16-29-12-6-24(17-29)7-13-30(14-8-24)22-19-5-11-26-15-20(19)27-21(28-22)18-3-9-25-10-4-18/h3-5,9-11,15,31H,6-8,12-14,16-17H2,1-2H3. The summed E-state index contributed by atoms with van der Waals surface area (Å²) in [5, 5.41) is 11.3. The minimum absolute atomic E-state index is 0.361. The number of likely N-dealkylation sites (tertiary alicyclic amines) is 1. The molecule has 5 rings (SSSR count). The van der Waals surface area contributed by atoms with Crippen LogP contribution in [-0.2, 0) is 0 Å². The molecule has 0 bridgehead atoms. The minimum Gasteiger partial charge on any atom is -0.389 e. The number of aromatic nitrogens is 4.